The van der Waals surface area contributed by atoms with Gasteiger partial charge in [-0.2, -0.15) is 0 Å². The molecule has 0 atom stereocenters. The SMILES string of the molecule is CC(=O)C=CNc1ccccc1O. The fraction of sp³-hybridized carbons (Fsp3) is 0.100. The van der Waals surface area contributed by atoms with Crippen LogP contribution in [-0.4, -0.2) is 10.9 Å². The average Bonchev–Trinajstić information content (AvgIpc) is 2.08. The number of aromatic hydroxyl groups is 1. The van der Waals surface area contributed by atoms with Gasteiger partial charge in [0.15, 0.2) is 5.78 Å². The second-order valence-electron chi connectivity index (χ2n) is 2.61. The third-order valence-corrected chi connectivity index (χ3v) is 1.46. The average molecular weight is 177 g/mol. The number of anilines is 1. The molecule has 1 aromatic rings. The zero-order chi connectivity index (χ0) is 9.68. The maximum Gasteiger partial charge on any atom is 0.154 e. The lowest BCUT2D eigenvalue weighted by Crippen LogP contribution is -1.89. The maximum atomic E-state index is 10.5. The van der Waals surface area contributed by atoms with Crippen LogP contribution in [0.1, 0.15) is 6.92 Å². The van der Waals surface area contributed by atoms with E-state index in [2.05, 4.69) is 5.32 Å². The first-order valence-corrected chi connectivity index (χ1v) is 3.92. The van der Waals surface area contributed by atoms with Crippen molar-refractivity contribution < 1.29 is 9.90 Å². The highest BCUT2D eigenvalue weighted by Gasteiger charge is 1.94. The molecular formula is C10H11NO2. The van der Waals surface area contributed by atoms with Crippen LogP contribution in [0.3, 0.4) is 0 Å². The fourth-order valence-electron chi connectivity index (χ4n) is 0.844. The van der Waals surface area contributed by atoms with Crippen molar-refractivity contribution >= 4 is 11.5 Å². The summed E-state index contributed by atoms with van der Waals surface area (Å²) in [5.74, 6) is 0.124. The second-order valence-corrected chi connectivity index (χ2v) is 2.61. The number of carbonyl (C=O) groups excluding carboxylic acids is 1. The summed E-state index contributed by atoms with van der Waals surface area (Å²) >= 11 is 0. The number of rotatable bonds is 3. The van der Waals surface area contributed by atoms with E-state index < -0.39 is 0 Å². The molecule has 13 heavy (non-hydrogen) atoms. The smallest absolute Gasteiger partial charge is 0.154 e. The van der Waals surface area contributed by atoms with E-state index in [1.807, 2.05) is 0 Å². The Morgan fingerprint density at radius 1 is 1.46 bits per heavy atom. The fourth-order valence-corrected chi connectivity index (χ4v) is 0.844. The summed E-state index contributed by atoms with van der Waals surface area (Å²) in [7, 11) is 0. The van der Waals surface area contributed by atoms with Gasteiger partial charge >= 0.3 is 0 Å². The molecule has 0 unspecified atom stereocenters. The van der Waals surface area contributed by atoms with Gasteiger partial charge in [0.2, 0.25) is 0 Å². The summed E-state index contributed by atoms with van der Waals surface area (Å²) in [5.41, 5.74) is 0.583. The lowest BCUT2D eigenvalue weighted by molar-refractivity contribution is -0.112. The molecule has 0 spiro atoms. The predicted molar refractivity (Wildman–Crippen MR) is 51.6 cm³/mol. The Balaban J connectivity index is 2.64. The standard InChI is InChI=1S/C10H11NO2/c1-8(12)6-7-11-9-4-2-3-5-10(9)13/h2-7,11,13H,1H3. The van der Waals surface area contributed by atoms with Crippen LogP contribution < -0.4 is 5.32 Å². The Hall–Kier alpha value is -1.77. The third kappa shape index (κ3) is 2.99. The highest BCUT2D eigenvalue weighted by molar-refractivity contribution is 5.87. The van der Waals surface area contributed by atoms with Gasteiger partial charge in [0.05, 0.1) is 5.69 Å². The molecule has 0 aromatic heterocycles. The summed E-state index contributed by atoms with van der Waals surface area (Å²) in [6, 6.07) is 6.82. The monoisotopic (exact) mass is 177 g/mol. The van der Waals surface area contributed by atoms with E-state index in [0.29, 0.717) is 5.69 Å². The van der Waals surface area contributed by atoms with Crippen LogP contribution in [0.15, 0.2) is 36.5 Å². The van der Waals surface area contributed by atoms with E-state index in [-0.39, 0.29) is 11.5 Å². The zero-order valence-corrected chi connectivity index (χ0v) is 7.32. The largest absolute Gasteiger partial charge is 0.506 e. The maximum absolute atomic E-state index is 10.5. The van der Waals surface area contributed by atoms with Crippen molar-refractivity contribution in [3.05, 3.63) is 36.5 Å². The van der Waals surface area contributed by atoms with Crippen LogP contribution in [-0.2, 0) is 4.79 Å². The summed E-state index contributed by atoms with van der Waals surface area (Å²) < 4.78 is 0. The van der Waals surface area contributed by atoms with Gasteiger partial charge in [-0.3, -0.25) is 4.79 Å². The number of benzene rings is 1. The first kappa shape index (κ1) is 9.32. The first-order valence-electron chi connectivity index (χ1n) is 3.92. The molecule has 1 rings (SSSR count). The molecule has 0 amide bonds. The quantitative estimate of drug-likeness (QED) is 0.547. The summed E-state index contributed by atoms with van der Waals surface area (Å²) in [5, 5.41) is 12.1. The lowest BCUT2D eigenvalue weighted by atomic mass is 10.3. The van der Waals surface area contributed by atoms with Crippen molar-refractivity contribution in [2.24, 2.45) is 0 Å². The molecule has 68 valence electrons. The number of ketones is 1. The number of allylic oxidation sites excluding steroid dienone is 1. The molecule has 2 N–H and O–H groups in total. The Kier molecular flexibility index (Phi) is 3.09. The number of hydrogen-bond acceptors (Lipinski definition) is 3. The Morgan fingerprint density at radius 3 is 2.77 bits per heavy atom. The van der Waals surface area contributed by atoms with E-state index in [0.717, 1.165) is 0 Å². The Bertz CT molecular complexity index is 331. The van der Waals surface area contributed by atoms with Crippen molar-refractivity contribution in [1.29, 1.82) is 0 Å². The molecule has 0 aliphatic carbocycles. The number of para-hydroxylation sites is 2. The molecule has 3 heteroatoms. The number of phenols is 1. The van der Waals surface area contributed by atoms with Gasteiger partial charge in [0.25, 0.3) is 0 Å². The molecular weight excluding hydrogens is 166 g/mol. The van der Waals surface area contributed by atoms with Crippen molar-refractivity contribution in [3.8, 4) is 5.75 Å². The number of carbonyl (C=O) groups is 1. The van der Waals surface area contributed by atoms with Crippen LogP contribution >= 0.6 is 0 Å². The molecule has 3 nitrogen and oxygen atoms in total. The molecule has 0 saturated heterocycles. The topological polar surface area (TPSA) is 49.3 Å². The third-order valence-electron chi connectivity index (χ3n) is 1.46. The van der Waals surface area contributed by atoms with E-state index in [4.69, 9.17) is 0 Å². The van der Waals surface area contributed by atoms with Gasteiger partial charge in [-0.25, -0.2) is 0 Å². The zero-order valence-electron chi connectivity index (χ0n) is 7.32. The van der Waals surface area contributed by atoms with Crippen molar-refractivity contribution in [2.75, 3.05) is 5.32 Å². The first-order chi connectivity index (χ1) is 6.20. The predicted octanol–water partition coefficient (Wildman–Crippen LogP) is 1.91. The van der Waals surface area contributed by atoms with Gasteiger partial charge in [0, 0.05) is 6.20 Å². The van der Waals surface area contributed by atoms with Gasteiger partial charge in [-0.1, -0.05) is 12.1 Å². The number of hydrogen-bond donors (Lipinski definition) is 2. The van der Waals surface area contributed by atoms with Gasteiger partial charge in [-0.05, 0) is 25.1 Å². The van der Waals surface area contributed by atoms with E-state index in [1.165, 1.54) is 19.2 Å². The van der Waals surface area contributed by atoms with Crippen LogP contribution in [0.25, 0.3) is 0 Å². The molecule has 0 heterocycles. The molecule has 0 saturated carbocycles. The minimum Gasteiger partial charge on any atom is -0.506 e. The van der Waals surface area contributed by atoms with Crippen molar-refractivity contribution in [1.82, 2.24) is 0 Å². The molecule has 0 fully saturated rings. The number of phenolic OH excluding ortho intramolecular Hbond substituents is 1. The second kappa shape index (κ2) is 4.30. The van der Waals surface area contributed by atoms with Gasteiger partial charge in [0.1, 0.15) is 5.75 Å². The molecule has 0 bridgehead atoms. The summed E-state index contributed by atoms with van der Waals surface area (Å²) in [4.78, 5) is 10.5. The number of nitrogens with one attached hydrogen (secondary N) is 1. The lowest BCUT2D eigenvalue weighted by Gasteiger charge is -2.01. The van der Waals surface area contributed by atoms with Crippen LogP contribution in [0.5, 0.6) is 5.75 Å². The molecule has 0 aliphatic heterocycles. The van der Waals surface area contributed by atoms with Crippen LogP contribution in [0, 0.1) is 0 Å². The summed E-state index contributed by atoms with van der Waals surface area (Å²) in [6.45, 7) is 1.46. The van der Waals surface area contributed by atoms with Crippen LogP contribution in [0.2, 0.25) is 0 Å². The van der Waals surface area contributed by atoms with E-state index in [1.54, 1.807) is 24.3 Å². The van der Waals surface area contributed by atoms with Crippen LogP contribution in [0.4, 0.5) is 5.69 Å². The van der Waals surface area contributed by atoms with Gasteiger partial charge < -0.3 is 10.4 Å². The Morgan fingerprint density at radius 2 is 2.15 bits per heavy atom. The highest BCUT2D eigenvalue weighted by atomic mass is 16.3. The normalized spacial score (nSPS) is 10.2. The molecule has 0 radical (unpaired) electrons. The minimum atomic E-state index is -0.0390. The summed E-state index contributed by atoms with van der Waals surface area (Å²) in [6.07, 6.45) is 2.89. The van der Waals surface area contributed by atoms with E-state index >= 15 is 0 Å². The van der Waals surface area contributed by atoms with Crippen molar-refractivity contribution in [3.63, 3.8) is 0 Å². The molecule has 1 aromatic carbocycles. The van der Waals surface area contributed by atoms with Gasteiger partial charge in [-0.15, -0.1) is 0 Å². The highest BCUT2D eigenvalue weighted by Crippen LogP contribution is 2.20. The van der Waals surface area contributed by atoms with Crippen molar-refractivity contribution in [2.45, 2.75) is 6.92 Å². The molecule has 0 aliphatic rings. The Labute approximate surface area is 76.7 Å². The minimum absolute atomic E-state index is 0.0390. The van der Waals surface area contributed by atoms with E-state index in [9.17, 15) is 9.90 Å².